The van der Waals surface area contributed by atoms with Gasteiger partial charge in [-0.2, -0.15) is 0 Å². The summed E-state index contributed by atoms with van der Waals surface area (Å²) in [6, 6.07) is 10.1. The van der Waals surface area contributed by atoms with Crippen LogP contribution < -0.4 is 0 Å². The van der Waals surface area contributed by atoms with Crippen LogP contribution in [-0.2, 0) is 27.9 Å². The van der Waals surface area contributed by atoms with E-state index in [9.17, 15) is 8.42 Å². The molecule has 20 heavy (non-hydrogen) atoms. The van der Waals surface area contributed by atoms with E-state index >= 15 is 0 Å². The molecule has 0 saturated carbocycles. The van der Waals surface area contributed by atoms with Crippen LogP contribution in [0, 0.1) is 0 Å². The SMILES string of the molecule is O=S(=O)(Cc1ccc(CO)cc1)Cc1ccc(Cl)nc1. The van der Waals surface area contributed by atoms with Crippen molar-refractivity contribution in [1.29, 1.82) is 0 Å². The smallest absolute Gasteiger partial charge is 0.158 e. The Morgan fingerprint density at radius 2 is 1.50 bits per heavy atom. The lowest BCUT2D eigenvalue weighted by molar-refractivity contribution is 0.282. The molecule has 2 aromatic rings. The Kier molecular flexibility index (Phi) is 4.75. The first-order valence-corrected chi connectivity index (χ1v) is 8.18. The predicted octanol–water partition coefficient (Wildman–Crippen LogP) is 2.34. The molecule has 1 N–H and O–H groups in total. The Balaban J connectivity index is 2.08. The summed E-state index contributed by atoms with van der Waals surface area (Å²) < 4.78 is 24.2. The minimum atomic E-state index is -3.27. The first kappa shape index (κ1) is 15.0. The third-order valence-corrected chi connectivity index (χ3v) is 4.54. The number of aromatic nitrogens is 1. The molecule has 0 aliphatic carbocycles. The molecule has 2 rings (SSSR count). The molecule has 0 atom stereocenters. The largest absolute Gasteiger partial charge is 0.392 e. The molecule has 0 saturated heterocycles. The minimum absolute atomic E-state index is 0.0403. The number of nitrogens with zero attached hydrogens (tertiary/aromatic N) is 1. The molecular weight excluding hydrogens is 298 g/mol. The summed E-state index contributed by atoms with van der Waals surface area (Å²) in [7, 11) is -3.27. The molecule has 0 aliphatic rings. The maximum Gasteiger partial charge on any atom is 0.158 e. The van der Waals surface area contributed by atoms with Gasteiger partial charge in [-0.15, -0.1) is 0 Å². The Hall–Kier alpha value is -1.43. The van der Waals surface area contributed by atoms with Gasteiger partial charge in [-0.25, -0.2) is 13.4 Å². The second-order valence-electron chi connectivity index (χ2n) is 4.50. The van der Waals surface area contributed by atoms with Crippen molar-refractivity contribution in [2.24, 2.45) is 0 Å². The van der Waals surface area contributed by atoms with E-state index in [1.54, 1.807) is 36.4 Å². The van der Waals surface area contributed by atoms with Crippen LogP contribution in [-0.4, -0.2) is 18.5 Å². The van der Waals surface area contributed by atoms with E-state index in [0.717, 1.165) is 5.56 Å². The molecule has 0 fully saturated rings. The van der Waals surface area contributed by atoms with Crippen LogP contribution in [0.25, 0.3) is 0 Å². The van der Waals surface area contributed by atoms with Crippen LogP contribution in [0.15, 0.2) is 42.6 Å². The van der Waals surface area contributed by atoms with Crippen molar-refractivity contribution in [3.63, 3.8) is 0 Å². The van der Waals surface area contributed by atoms with Crippen LogP contribution in [0.4, 0.5) is 0 Å². The normalized spacial score (nSPS) is 11.5. The molecular formula is C14H14ClNO3S. The number of pyridine rings is 1. The second kappa shape index (κ2) is 6.35. The molecule has 0 unspecified atom stereocenters. The van der Waals surface area contributed by atoms with Crippen LogP contribution in [0.5, 0.6) is 0 Å². The summed E-state index contributed by atoms with van der Waals surface area (Å²) in [6.45, 7) is -0.0521. The van der Waals surface area contributed by atoms with E-state index in [2.05, 4.69) is 4.98 Å². The Morgan fingerprint density at radius 1 is 0.950 bits per heavy atom. The van der Waals surface area contributed by atoms with Gasteiger partial charge in [0.1, 0.15) is 5.15 Å². The van der Waals surface area contributed by atoms with Crippen molar-refractivity contribution in [2.75, 3.05) is 0 Å². The number of benzene rings is 1. The van der Waals surface area contributed by atoms with Gasteiger partial charge >= 0.3 is 0 Å². The van der Waals surface area contributed by atoms with E-state index in [1.807, 2.05) is 0 Å². The van der Waals surface area contributed by atoms with Gasteiger partial charge in [0.25, 0.3) is 0 Å². The fourth-order valence-corrected chi connectivity index (χ4v) is 3.38. The van der Waals surface area contributed by atoms with Gasteiger partial charge in [0.05, 0.1) is 18.1 Å². The second-order valence-corrected chi connectivity index (χ2v) is 6.95. The predicted molar refractivity (Wildman–Crippen MR) is 77.9 cm³/mol. The monoisotopic (exact) mass is 311 g/mol. The van der Waals surface area contributed by atoms with Crippen molar-refractivity contribution >= 4 is 21.4 Å². The van der Waals surface area contributed by atoms with Gasteiger partial charge in [-0.3, -0.25) is 0 Å². The highest BCUT2D eigenvalue weighted by Gasteiger charge is 2.13. The molecule has 6 heteroatoms. The molecule has 1 aromatic heterocycles. The van der Waals surface area contributed by atoms with E-state index in [1.165, 1.54) is 6.20 Å². The van der Waals surface area contributed by atoms with Crippen molar-refractivity contribution < 1.29 is 13.5 Å². The Bertz CT molecular complexity index is 667. The average molecular weight is 312 g/mol. The first-order valence-electron chi connectivity index (χ1n) is 5.98. The summed E-state index contributed by atoms with van der Waals surface area (Å²) in [5.74, 6) is -0.111. The lowest BCUT2D eigenvalue weighted by Crippen LogP contribution is -2.08. The van der Waals surface area contributed by atoms with Gasteiger partial charge in [0.15, 0.2) is 9.84 Å². The highest BCUT2D eigenvalue weighted by Crippen LogP contribution is 2.14. The maximum absolute atomic E-state index is 12.1. The third-order valence-electron chi connectivity index (χ3n) is 2.77. The number of sulfone groups is 1. The molecule has 106 valence electrons. The number of hydrogen-bond donors (Lipinski definition) is 1. The van der Waals surface area contributed by atoms with Crippen LogP contribution in [0.2, 0.25) is 5.15 Å². The summed E-state index contributed by atoms with van der Waals surface area (Å²) in [5, 5.41) is 9.28. The van der Waals surface area contributed by atoms with Crippen LogP contribution in [0.3, 0.4) is 0 Å². The molecule has 0 radical (unpaired) electrons. The molecule has 1 aromatic carbocycles. The summed E-state index contributed by atoms with van der Waals surface area (Å²) >= 11 is 5.66. The number of halogens is 1. The van der Waals surface area contributed by atoms with E-state index in [-0.39, 0.29) is 18.1 Å². The summed E-state index contributed by atoms with van der Waals surface area (Å²) in [6.07, 6.45) is 1.47. The fourth-order valence-electron chi connectivity index (χ4n) is 1.79. The molecule has 1 heterocycles. The highest BCUT2D eigenvalue weighted by atomic mass is 35.5. The zero-order valence-corrected chi connectivity index (χ0v) is 12.2. The molecule has 4 nitrogen and oxygen atoms in total. The molecule has 0 bridgehead atoms. The Labute approximate surface area is 123 Å². The van der Waals surface area contributed by atoms with Crippen LogP contribution in [0.1, 0.15) is 16.7 Å². The number of rotatable bonds is 5. The van der Waals surface area contributed by atoms with Gasteiger partial charge in [0.2, 0.25) is 0 Å². The number of aliphatic hydroxyl groups is 1. The Morgan fingerprint density at radius 3 is 2.05 bits per heavy atom. The molecule has 0 spiro atoms. The van der Waals surface area contributed by atoms with Crippen LogP contribution >= 0.6 is 11.6 Å². The van der Waals surface area contributed by atoms with Gasteiger partial charge in [0, 0.05) is 6.20 Å². The van der Waals surface area contributed by atoms with Gasteiger partial charge in [-0.1, -0.05) is 41.9 Å². The van der Waals surface area contributed by atoms with E-state index < -0.39 is 9.84 Å². The average Bonchev–Trinajstić information content (AvgIpc) is 2.41. The number of aliphatic hydroxyl groups excluding tert-OH is 1. The van der Waals surface area contributed by atoms with Crippen molar-refractivity contribution in [3.05, 3.63) is 64.4 Å². The quantitative estimate of drug-likeness (QED) is 0.861. The van der Waals surface area contributed by atoms with Crippen molar-refractivity contribution in [3.8, 4) is 0 Å². The summed E-state index contributed by atoms with van der Waals surface area (Å²) in [5.41, 5.74) is 2.07. The first-order chi connectivity index (χ1) is 9.48. The van der Waals surface area contributed by atoms with Crippen molar-refractivity contribution in [2.45, 2.75) is 18.1 Å². The number of hydrogen-bond acceptors (Lipinski definition) is 4. The van der Waals surface area contributed by atoms with Gasteiger partial charge in [-0.05, 0) is 22.8 Å². The molecule has 0 amide bonds. The topological polar surface area (TPSA) is 67.3 Å². The lowest BCUT2D eigenvalue weighted by atomic mass is 10.2. The van der Waals surface area contributed by atoms with Gasteiger partial charge < -0.3 is 5.11 Å². The lowest BCUT2D eigenvalue weighted by Gasteiger charge is -2.05. The molecule has 0 aliphatic heterocycles. The third kappa shape index (κ3) is 4.30. The standard InChI is InChI=1S/C14H14ClNO3S/c15-14-6-5-13(7-16-14)10-20(18,19)9-12-3-1-11(8-17)2-4-12/h1-7,17H,8-10H2. The summed E-state index contributed by atoms with van der Waals surface area (Å²) in [4.78, 5) is 3.87. The fraction of sp³-hybridized carbons (Fsp3) is 0.214. The van der Waals surface area contributed by atoms with E-state index in [0.29, 0.717) is 16.3 Å². The zero-order chi connectivity index (χ0) is 14.6. The minimum Gasteiger partial charge on any atom is -0.392 e. The van der Waals surface area contributed by atoms with E-state index in [4.69, 9.17) is 16.7 Å². The zero-order valence-electron chi connectivity index (χ0n) is 10.7. The van der Waals surface area contributed by atoms with Crippen molar-refractivity contribution in [1.82, 2.24) is 4.98 Å². The highest BCUT2D eigenvalue weighted by molar-refractivity contribution is 7.89. The maximum atomic E-state index is 12.1.